The average molecular weight is 451 g/mol. The Labute approximate surface area is 193 Å². The van der Waals surface area contributed by atoms with Crippen molar-refractivity contribution in [3.05, 3.63) is 35.9 Å². The van der Waals surface area contributed by atoms with Gasteiger partial charge in [-0.15, -0.1) is 0 Å². The van der Waals surface area contributed by atoms with Gasteiger partial charge in [-0.05, 0) is 59.4 Å². The zero-order chi connectivity index (χ0) is 23.9. The minimum atomic E-state index is -0.505. The summed E-state index contributed by atoms with van der Waals surface area (Å²) >= 11 is 0. The van der Waals surface area contributed by atoms with Crippen LogP contribution in [0.4, 0.5) is 4.79 Å². The molecule has 174 valence electrons. The monoisotopic (exact) mass is 450 g/mol. The average Bonchev–Trinajstić information content (AvgIpc) is 3.35. The molecular weight excluding hydrogens is 420 g/mol. The van der Waals surface area contributed by atoms with Gasteiger partial charge in [0.05, 0.1) is 18.4 Å². The Morgan fingerprint density at radius 2 is 1.94 bits per heavy atom. The number of aromatic nitrogens is 4. The molecular formula is C24H30N6O3. The van der Waals surface area contributed by atoms with E-state index >= 15 is 0 Å². The van der Waals surface area contributed by atoms with Gasteiger partial charge in [0.25, 0.3) is 0 Å². The first-order valence-corrected chi connectivity index (χ1v) is 11.2. The van der Waals surface area contributed by atoms with Gasteiger partial charge in [0.2, 0.25) is 0 Å². The topological polar surface area (TPSA) is 109 Å². The molecule has 3 heterocycles. The number of rotatable bonds is 3. The highest BCUT2D eigenvalue weighted by molar-refractivity contribution is 5.75. The van der Waals surface area contributed by atoms with Crippen molar-refractivity contribution in [1.82, 2.24) is 24.3 Å². The molecule has 1 saturated carbocycles. The highest BCUT2D eigenvalue weighted by Crippen LogP contribution is 2.35. The number of fused-ring (bicyclic) bond motifs is 1. The van der Waals surface area contributed by atoms with Crippen LogP contribution in [0.1, 0.15) is 63.8 Å². The van der Waals surface area contributed by atoms with Crippen molar-refractivity contribution in [3.63, 3.8) is 0 Å². The standard InChI is InChI=1S/C24H30N6O3/c1-15-20(16-10-21(31)22-17(11-25)12-26-29(22)14-16)13-27-30(15)19-8-6-18(7-9-19)28(5)23(32)33-24(2,3)4/h10,12-14,18-19,31H,6-9H2,1-5H3/t18-,19+. The summed E-state index contributed by atoms with van der Waals surface area (Å²) in [6, 6.07) is 4.09. The van der Waals surface area contributed by atoms with Gasteiger partial charge in [0.1, 0.15) is 28.5 Å². The number of hydrogen-bond acceptors (Lipinski definition) is 6. The third-order valence-corrected chi connectivity index (χ3v) is 6.31. The molecule has 0 aromatic carbocycles. The van der Waals surface area contributed by atoms with Crippen LogP contribution >= 0.6 is 0 Å². The first-order valence-electron chi connectivity index (χ1n) is 11.2. The first-order chi connectivity index (χ1) is 15.6. The molecule has 1 aliphatic rings. The van der Waals surface area contributed by atoms with Crippen molar-refractivity contribution in [2.24, 2.45) is 0 Å². The van der Waals surface area contributed by atoms with Crippen molar-refractivity contribution in [1.29, 1.82) is 5.26 Å². The van der Waals surface area contributed by atoms with Crippen LogP contribution in [0.2, 0.25) is 0 Å². The number of amides is 1. The zero-order valence-electron chi connectivity index (χ0n) is 19.7. The highest BCUT2D eigenvalue weighted by Gasteiger charge is 2.31. The number of carbonyl (C=O) groups is 1. The zero-order valence-corrected chi connectivity index (χ0v) is 19.7. The van der Waals surface area contributed by atoms with E-state index < -0.39 is 5.60 Å². The molecule has 4 rings (SSSR count). The van der Waals surface area contributed by atoms with Crippen LogP contribution in [0.25, 0.3) is 16.6 Å². The molecule has 0 bridgehead atoms. The maximum atomic E-state index is 12.4. The molecule has 0 unspecified atom stereocenters. The maximum absolute atomic E-state index is 12.4. The molecule has 0 spiro atoms. The molecule has 0 atom stereocenters. The largest absolute Gasteiger partial charge is 0.506 e. The second-order valence-electron chi connectivity index (χ2n) is 9.72. The molecule has 1 fully saturated rings. The summed E-state index contributed by atoms with van der Waals surface area (Å²) in [5.41, 5.74) is 2.93. The van der Waals surface area contributed by atoms with Gasteiger partial charge in [-0.25, -0.2) is 9.31 Å². The van der Waals surface area contributed by atoms with E-state index in [2.05, 4.69) is 10.2 Å². The number of pyridine rings is 1. The fourth-order valence-electron chi connectivity index (χ4n) is 4.58. The van der Waals surface area contributed by atoms with Gasteiger partial charge >= 0.3 is 6.09 Å². The molecule has 9 nitrogen and oxygen atoms in total. The molecule has 33 heavy (non-hydrogen) atoms. The van der Waals surface area contributed by atoms with E-state index in [0.717, 1.165) is 42.5 Å². The van der Waals surface area contributed by atoms with E-state index in [1.165, 1.54) is 10.7 Å². The summed E-state index contributed by atoms with van der Waals surface area (Å²) in [6.07, 6.45) is 8.36. The van der Waals surface area contributed by atoms with Crippen LogP contribution in [0.5, 0.6) is 5.75 Å². The number of ether oxygens (including phenoxy) is 1. The summed E-state index contributed by atoms with van der Waals surface area (Å²) in [5, 5.41) is 28.5. The first kappa shape index (κ1) is 22.6. The van der Waals surface area contributed by atoms with Crippen LogP contribution in [0.15, 0.2) is 24.7 Å². The van der Waals surface area contributed by atoms with Crippen LogP contribution < -0.4 is 0 Å². The summed E-state index contributed by atoms with van der Waals surface area (Å²) in [5.74, 6) is 0.0133. The Bertz CT molecular complexity index is 1220. The molecule has 1 N–H and O–H groups in total. The molecule has 1 aliphatic carbocycles. The van der Waals surface area contributed by atoms with Gasteiger partial charge in [-0.3, -0.25) is 4.68 Å². The lowest BCUT2D eigenvalue weighted by Crippen LogP contribution is -2.42. The van der Waals surface area contributed by atoms with E-state index in [0.29, 0.717) is 11.1 Å². The molecule has 0 saturated heterocycles. The van der Waals surface area contributed by atoms with E-state index in [1.54, 1.807) is 17.2 Å². The lowest BCUT2D eigenvalue weighted by atomic mass is 9.90. The molecule has 3 aromatic rings. The van der Waals surface area contributed by atoms with E-state index in [-0.39, 0.29) is 23.9 Å². The molecule has 3 aromatic heterocycles. The minimum absolute atomic E-state index is 0.0133. The van der Waals surface area contributed by atoms with Crippen molar-refractivity contribution < 1.29 is 14.6 Å². The van der Waals surface area contributed by atoms with Crippen molar-refractivity contribution >= 4 is 11.6 Å². The Morgan fingerprint density at radius 1 is 1.24 bits per heavy atom. The Morgan fingerprint density at radius 3 is 2.58 bits per heavy atom. The fourth-order valence-corrected chi connectivity index (χ4v) is 4.58. The van der Waals surface area contributed by atoms with E-state index in [9.17, 15) is 15.2 Å². The van der Waals surface area contributed by atoms with Gasteiger partial charge in [-0.2, -0.15) is 15.5 Å². The van der Waals surface area contributed by atoms with E-state index in [4.69, 9.17) is 4.74 Å². The summed E-state index contributed by atoms with van der Waals surface area (Å²) in [7, 11) is 1.81. The van der Waals surface area contributed by atoms with E-state index in [1.807, 2.05) is 51.7 Å². The Kier molecular flexibility index (Phi) is 5.78. The fraction of sp³-hybridized carbons (Fsp3) is 0.500. The third kappa shape index (κ3) is 4.38. The summed E-state index contributed by atoms with van der Waals surface area (Å²) in [4.78, 5) is 14.1. The third-order valence-electron chi connectivity index (χ3n) is 6.31. The van der Waals surface area contributed by atoms with Gasteiger partial charge in [-0.1, -0.05) is 0 Å². The van der Waals surface area contributed by atoms with Crippen molar-refractivity contribution in [3.8, 4) is 22.9 Å². The van der Waals surface area contributed by atoms with Crippen LogP contribution in [0, 0.1) is 18.3 Å². The number of aromatic hydroxyl groups is 1. The van der Waals surface area contributed by atoms with Gasteiger partial charge in [0, 0.05) is 36.1 Å². The van der Waals surface area contributed by atoms with Crippen LogP contribution in [-0.2, 0) is 4.74 Å². The summed E-state index contributed by atoms with van der Waals surface area (Å²) < 4.78 is 9.08. The maximum Gasteiger partial charge on any atom is 0.410 e. The Hall–Kier alpha value is -3.54. The van der Waals surface area contributed by atoms with Gasteiger partial charge < -0.3 is 14.7 Å². The molecule has 0 aliphatic heterocycles. The SMILES string of the molecule is Cc1c(-c2cc(O)c3c(C#N)cnn3c2)cnn1[C@H]1CC[C@@H](N(C)C(=O)OC(C)(C)C)CC1. The van der Waals surface area contributed by atoms with Crippen molar-refractivity contribution in [2.75, 3.05) is 7.05 Å². The normalized spacial score (nSPS) is 18.8. The summed E-state index contributed by atoms with van der Waals surface area (Å²) in [6.45, 7) is 7.65. The minimum Gasteiger partial charge on any atom is -0.506 e. The van der Waals surface area contributed by atoms with Crippen LogP contribution in [0.3, 0.4) is 0 Å². The molecule has 0 radical (unpaired) electrons. The predicted molar refractivity (Wildman–Crippen MR) is 123 cm³/mol. The number of carbonyl (C=O) groups excluding carboxylic acids is 1. The lowest BCUT2D eigenvalue weighted by Gasteiger charge is -2.35. The molecule has 1 amide bonds. The predicted octanol–water partition coefficient (Wildman–Crippen LogP) is 4.43. The Balaban J connectivity index is 1.49. The second-order valence-corrected chi connectivity index (χ2v) is 9.72. The van der Waals surface area contributed by atoms with Crippen molar-refractivity contribution in [2.45, 2.75) is 71.1 Å². The number of nitriles is 1. The molecule has 9 heteroatoms. The number of hydrogen-bond donors (Lipinski definition) is 1. The smallest absolute Gasteiger partial charge is 0.410 e. The lowest BCUT2D eigenvalue weighted by molar-refractivity contribution is 0.0172. The van der Waals surface area contributed by atoms with Crippen LogP contribution in [-0.4, -0.2) is 54.2 Å². The number of nitrogens with zero attached hydrogens (tertiary/aromatic N) is 6. The van der Waals surface area contributed by atoms with Gasteiger partial charge in [0.15, 0.2) is 0 Å². The quantitative estimate of drug-likeness (QED) is 0.632. The second kappa shape index (κ2) is 8.43. The highest BCUT2D eigenvalue weighted by atomic mass is 16.6.